The van der Waals surface area contributed by atoms with Crippen molar-refractivity contribution in [3.63, 3.8) is 0 Å². The van der Waals surface area contributed by atoms with Crippen LogP contribution in [0.3, 0.4) is 0 Å². The third-order valence-corrected chi connectivity index (χ3v) is 4.79. The van der Waals surface area contributed by atoms with Crippen LogP contribution < -0.4 is 10.2 Å². The molecular weight excluding hydrogens is 292 g/mol. The lowest BCUT2D eigenvalue weighted by atomic mass is 9.79. The monoisotopic (exact) mass is 310 g/mol. The van der Waals surface area contributed by atoms with Gasteiger partial charge in [0.15, 0.2) is 0 Å². The minimum absolute atomic E-state index is 0.271. The van der Waals surface area contributed by atoms with E-state index in [1.807, 2.05) is 6.20 Å². The summed E-state index contributed by atoms with van der Waals surface area (Å²) in [6.45, 7) is 3.16. The molecule has 0 amide bonds. The van der Waals surface area contributed by atoms with Gasteiger partial charge in [0.2, 0.25) is 0 Å². The number of rotatable bonds is 1. The first-order valence-corrected chi connectivity index (χ1v) is 7.55. The molecule has 0 bridgehead atoms. The first-order chi connectivity index (χ1) is 8.82. The molecule has 1 saturated heterocycles. The molecule has 0 aromatic carbocycles. The number of nitrogens with zero attached hydrogens (tertiary/aromatic N) is 3. The summed E-state index contributed by atoms with van der Waals surface area (Å²) in [5, 5.41) is 3.56. The third-order valence-electron chi connectivity index (χ3n) is 4.23. The normalized spacial score (nSPS) is 23.3. The molecule has 2 fully saturated rings. The molecule has 1 spiro atoms. The minimum atomic E-state index is 0.271. The maximum Gasteiger partial charge on any atom is 0.146 e. The zero-order valence-electron chi connectivity index (χ0n) is 10.5. The number of hydrogen-bond donors (Lipinski definition) is 1. The molecule has 0 atom stereocenters. The van der Waals surface area contributed by atoms with Crippen molar-refractivity contribution in [3.05, 3.63) is 17.0 Å². The van der Waals surface area contributed by atoms with E-state index in [-0.39, 0.29) is 5.54 Å². The Hall–Kier alpha value is -0.680. The van der Waals surface area contributed by atoms with Gasteiger partial charge in [-0.1, -0.05) is 19.3 Å². The highest BCUT2D eigenvalue weighted by Crippen LogP contribution is 2.38. The third kappa shape index (κ3) is 2.14. The van der Waals surface area contributed by atoms with E-state index in [1.165, 1.54) is 32.1 Å². The average molecular weight is 311 g/mol. The van der Waals surface area contributed by atoms with Gasteiger partial charge in [0.05, 0.1) is 10.0 Å². The summed E-state index contributed by atoms with van der Waals surface area (Å²) in [6.07, 6.45) is 10.1. The molecule has 0 radical (unpaired) electrons. The number of anilines is 1. The van der Waals surface area contributed by atoms with Crippen molar-refractivity contribution in [1.82, 2.24) is 15.3 Å². The molecule has 1 N–H and O–H groups in total. The topological polar surface area (TPSA) is 41.1 Å². The zero-order chi connectivity index (χ0) is 12.4. The second-order valence-corrected chi connectivity index (χ2v) is 6.16. The lowest BCUT2D eigenvalue weighted by Crippen LogP contribution is -2.62. The maximum absolute atomic E-state index is 4.49. The number of halogens is 1. The molecule has 1 aliphatic heterocycles. The van der Waals surface area contributed by atoms with E-state index in [1.54, 1.807) is 6.33 Å². The van der Waals surface area contributed by atoms with Gasteiger partial charge in [-0.2, -0.15) is 0 Å². The summed E-state index contributed by atoms with van der Waals surface area (Å²) in [7, 11) is 0. The van der Waals surface area contributed by atoms with Gasteiger partial charge in [-0.3, -0.25) is 0 Å². The van der Waals surface area contributed by atoms with E-state index in [0.717, 1.165) is 29.9 Å². The molecule has 2 aliphatic rings. The molecule has 5 heteroatoms. The quantitative estimate of drug-likeness (QED) is 0.864. The molecule has 2 heterocycles. The highest BCUT2D eigenvalue weighted by molar-refractivity contribution is 9.10. The standard InChI is InChI=1S/C13H19BrN4/c14-11-8-16-10-17-12(11)18-7-6-15-9-13(18)4-2-1-3-5-13/h8,10,15H,1-7,9H2. The largest absolute Gasteiger partial charge is 0.347 e. The van der Waals surface area contributed by atoms with E-state index < -0.39 is 0 Å². The molecule has 18 heavy (non-hydrogen) atoms. The zero-order valence-corrected chi connectivity index (χ0v) is 12.1. The van der Waals surface area contributed by atoms with Gasteiger partial charge >= 0.3 is 0 Å². The Morgan fingerprint density at radius 1 is 1.28 bits per heavy atom. The second kappa shape index (κ2) is 5.13. The molecule has 98 valence electrons. The van der Waals surface area contributed by atoms with Gasteiger partial charge in [-0.05, 0) is 28.8 Å². The molecule has 4 nitrogen and oxygen atoms in total. The maximum atomic E-state index is 4.49. The van der Waals surface area contributed by atoms with E-state index in [0.29, 0.717) is 0 Å². The Bertz CT molecular complexity index is 409. The van der Waals surface area contributed by atoms with Crippen LogP contribution >= 0.6 is 15.9 Å². The predicted molar refractivity (Wildman–Crippen MR) is 75.8 cm³/mol. The highest BCUT2D eigenvalue weighted by Gasteiger charge is 2.40. The first-order valence-electron chi connectivity index (χ1n) is 6.76. The summed E-state index contributed by atoms with van der Waals surface area (Å²) in [5.74, 6) is 1.06. The summed E-state index contributed by atoms with van der Waals surface area (Å²) < 4.78 is 1.01. The van der Waals surface area contributed by atoms with Crippen LogP contribution in [0.2, 0.25) is 0 Å². The smallest absolute Gasteiger partial charge is 0.146 e. The lowest BCUT2D eigenvalue weighted by Gasteiger charge is -2.50. The number of aromatic nitrogens is 2. The van der Waals surface area contributed by atoms with Crippen molar-refractivity contribution < 1.29 is 0 Å². The Balaban J connectivity index is 1.94. The second-order valence-electron chi connectivity index (χ2n) is 5.31. The van der Waals surface area contributed by atoms with Crippen LogP contribution in [0, 0.1) is 0 Å². The van der Waals surface area contributed by atoms with Crippen molar-refractivity contribution in [2.45, 2.75) is 37.6 Å². The Kier molecular flexibility index (Phi) is 3.52. The van der Waals surface area contributed by atoms with Crippen molar-refractivity contribution >= 4 is 21.7 Å². The number of hydrogen-bond acceptors (Lipinski definition) is 4. The molecular formula is C13H19BrN4. The summed E-state index contributed by atoms with van der Waals surface area (Å²) in [4.78, 5) is 11.1. The van der Waals surface area contributed by atoms with Gasteiger partial charge in [-0.15, -0.1) is 0 Å². The van der Waals surface area contributed by atoms with E-state index in [9.17, 15) is 0 Å². The van der Waals surface area contributed by atoms with Gasteiger partial charge in [0, 0.05) is 25.8 Å². The molecule has 1 saturated carbocycles. The SMILES string of the molecule is Brc1cncnc1N1CCNCC12CCCCC2. The van der Waals surface area contributed by atoms with Crippen LogP contribution in [0.15, 0.2) is 17.0 Å². The van der Waals surface area contributed by atoms with Crippen LogP contribution in [-0.2, 0) is 0 Å². The average Bonchev–Trinajstić information content (AvgIpc) is 2.41. The summed E-state index contributed by atoms with van der Waals surface area (Å²) >= 11 is 3.59. The summed E-state index contributed by atoms with van der Waals surface area (Å²) in [5.41, 5.74) is 0.271. The fourth-order valence-electron chi connectivity index (χ4n) is 3.34. The first kappa shape index (κ1) is 12.4. The summed E-state index contributed by atoms with van der Waals surface area (Å²) in [6, 6.07) is 0. The van der Waals surface area contributed by atoms with Crippen molar-refractivity contribution in [2.75, 3.05) is 24.5 Å². The molecule has 1 aromatic rings. The lowest BCUT2D eigenvalue weighted by molar-refractivity contribution is 0.239. The Morgan fingerprint density at radius 3 is 2.89 bits per heavy atom. The Morgan fingerprint density at radius 2 is 2.11 bits per heavy atom. The number of piperazine rings is 1. The van der Waals surface area contributed by atoms with Crippen LogP contribution in [0.1, 0.15) is 32.1 Å². The highest BCUT2D eigenvalue weighted by atomic mass is 79.9. The van der Waals surface area contributed by atoms with Crippen LogP contribution in [-0.4, -0.2) is 35.1 Å². The van der Waals surface area contributed by atoms with Gasteiger partial charge < -0.3 is 10.2 Å². The van der Waals surface area contributed by atoms with E-state index in [2.05, 4.69) is 36.1 Å². The molecule has 1 aromatic heterocycles. The molecule has 3 rings (SSSR count). The van der Waals surface area contributed by atoms with Gasteiger partial charge in [0.1, 0.15) is 12.1 Å². The fraction of sp³-hybridized carbons (Fsp3) is 0.692. The van der Waals surface area contributed by atoms with Crippen molar-refractivity contribution in [2.24, 2.45) is 0 Å². The van der Waals surface area contributed by atoms with Crippen LogP contribution in [0.5, 0.6) is 0 Å². The van der Waals surface area contributed by atoms with E-state index in [4.69, 9.17) is 0 Å². The predicted octanol–water partition coefficient (Wildman–Crippen LogP) is 2.35. The van der Waals surface area contributed by atoms with Crippen molar-refractivity contribution in [3.8, 4) is 0 Å². The van der Waals surface area contributed by atoms with Gasteiger partial charge in [-0.25, -0.2) is 9.97 Å². The van der Waals surface area contributed by atoms with Gasteiger partial charge in [0.25, 0.3) is 0 Å². The van der Waals surface area contributed by atoms with E-state index >= 15 is 0 Å². The van der Waals surface area contributed by atoms with Crippen LogP contribution in [0.4, 0.5) is 5.82 Å². The Labute approximate surface area is 116 Å². The van der Waals surface area contributed by atoms with Crippen LogP contribution in [0.25, 0.3) is 0 Å². The minimum Gasteiger partial charge on any atom is -0.347 e. The van der Waals surface area contributed by atoms with Crippen molar-refractivity contribution in [1.29, 1.82) is 0 Å². The molecule has 1 aliphatic carbocycles. The number of nitrogens with one attached hydrogen (secondary N) is 1. The molecule has 0 unspecified atom stereocenters. The fourth-order valence-corrected chi connectivity index (χ4v) is 3.77.